The summed E-state index contributed by atoms with van der Waals surface area (Å²) in [5, 5.41) is 1.65. The molecule has 1 fully saturated rings. The summed E-state index contributed by atoms with van der Waals surface area (Å²) >= 11 is 7.72. The van der Waals surface area contributed by atoms with Crippen molar-refractivity contribution in [2.24, 2.45) is 0 Å². The van der Waals surface area contributed by atoms with Crippen molar-refractivity contribution >= 4 is 40.3 Å². The monoisotopic (exact) mass is 482 g/mol. The molecule has 2 aromatic carbocycles. The molecule has 1 saturated carbocycles. The molecule has 1 aliphatic carbocycles. The Morgan fingerprint density at radius 3 is 2.58 bits per heavy atom. The summed E-state index contributed by atoms with van der Waals surface area (Å²) in [5.41, 5.74) is 9.02. The van der Waals surface area contributed by atoms with Gasteiger partial charge in [0.1, 0.15) is 11.5 Å². The maximum absolute atomic E-state index is 6.21. The van der Waals surface area contributed by atoms with Crippen LogP contribution in [0.5, 0.6) is 11.5 Å². The van der Waals surface area contributed by atoms with Gasteiger partial charge in [-0.05, 0) is 60.5 Å². The average Bonchev–Trinajstić information content (AvgIpc) is 3.15. The molecule has 2 heterocycles. The van der Waals surface area contributed by atoms with Gasteiger partial charge in [-0.2, -0.15) is 4.98 Å². The second-order valence-electron chi connectivity index (χ2n) is 8.23. The van der Waals surface area contributed by atoms with E-state index in [2.05, 4.69) is 31.7 Å². The molecule has 0 spiro atoms. The Bertz CT molecular complexity index is 1300. The van der Waals surface area contributed by atoms with E-state index in [9.17, 15) is 0 Å². The molecule has 33 heavy (non-hydrogen) atoms. The highest BCUT2D eigenvalue weighted by molar-refractivity contribution is 7.99. The molecule has 0 radical (unpaired) electrons. The van der Waals surface area contributed by atoms with Crippen LogP contribution in [0.15, 0.2) is 58.8 Å². The molecule has 170 valence electrons. The van der Waals surface area contributed by atoms with E-state index >= 15 is 0 Å². The Kier molecular flexibility index (Phi) is 5.80. The number of nitrogens with zero attached hydrogens (tertiary/aromatic N) is 3. The Balaban J connectivity index is 1.61. The lowest BCUT2D eigenvalue weighted by molar-refractivity contribution is -0.720. The molecule has 0 amide bonds. The summed E-state index contributed by atoms with van der Waals surface area (Å²) in [6.45, 7) is 0.764. The number of benzene rings is 2. The summed E-state index contributed by atoms with van der Waals surface area (Å²) in [4.78, 5) is 13.2. The first kappa shape index (κ1) is 21.9. The van der Waals surface area contributed by atoms with Crippen LogP contribution in [0.25, 0.3) is 11.2 Å². The van der Waals surface area contributed by atoms with Crippen LogP contribution in [0.2, 0.25) is 5.02 Å². The van der Waals surface area contributed by atoms with Gasteiger partial charge in [-0.1, -0.05) is 35.1 Å². The molecular weight excluding hydrogens is 458 g/mol. The number of halogens is 1. The number of anilines is 1. The fourth-order valence-corrected chi connectivity index (χ4v) is 5.60. The second-order valence-corrected chi connectivity index (χ2v) is 9.70. The number of nitrogen functional groups attached to an aromatic ring is 1. The molecule has 0 atom stereocenters. The average molecular weight is 483 g/mol. The van der Waals surface area contributed by atoms with Crippen molar-refractivity contribution in [3.8, 4) is 11.5 Å². The van der Waals surface area contributed by atoms with Crippen LogP contribution in [0, 0.1) is 0 Å². The fraction of sp³-hybridized carbons (Fsp3) is 0.292. The van der Waals surface area contributed by atoms with Crippen molar-refractivity contribution in [1.82, 2.24) is 15.0 Å². The van der Waals surface area contributed by atoms with Crippen LogP contribution in [-0.2, 0) is 12.0 Å². The maximum atomic E-state index is 6.21. The minimum absolute atomic E-state index is 0.0118. The summed E-state index contributed by atoms with van der Waals surface area (Å²) in [5.74, 6) is 1.95. The third kappa shape index (κ3) is 3.98. The van der Waals surface area contributed by atoms with Crippen molar-refractivity contribution in [3.63, 3.8) is 0 Å². The van der Waals surface area contributed by atoms with Crippen molar-refractivity contribution in [2.75, 3.05) is 20.0 Å². The van der Waals surface area contributed by atoms with Gasteiger partial charge in [-0.15, -0.1) is 0 Å². The minimum atomic E-state index is 0.0118. The van der Waals surface area contributed by atoms with Gasteiger partial charge in [0.25, 0.3) is 5.16 Å². The number of aromatic nitrogens is 4. The Morgan fingerprint density at radius 1 is 1.12 bits per heavy atom. The second kappa shape index (κ2) is 8.76. The number of fused-ring (bicyclic) bond motifs is 1. The molecule has 7 nitrogen and oxygen atoms in total. The first-order chi connectivity index (χ1) is 16.0. The number of aromatic amines is 1. The lowest BCUT2D eigenvalue weighted by atomic mass is 9.64. The minimum Gasteiger partial charge on any atom is -0.497 e. The van der Waals surface area contributed by atoms with Gasteiger partial charge in [0, 0.05) is 10.4 Å². The number of nitrogens with one attached hydrogen (secondary N) is 1. The van der Waals surface area contributed by atoms with E-state index in [0.29, 0.717) is 5.82 Å². The highest BCUT2D eigenvalue weighted by atomic mass is 35.5. The van der Waals surface area contributed by atoms with E-state index in [4.69, 9.17) is 26.8 Å². The molecular formula is C24H25ClN5O2S+. The maximum Gasteiger partial charge on any atom is 0.308 e. The Morgan fingerprint density at radius 2 is 1.91 bits per heavy atom. The van der Waals surface area contributed by atoms with Gasteiger partial charge >= 0.3 is 5.65 Å². The lowest BCUT2D eigenvalue weighted by Crippen LogP contribution is -2.50. The predicted octanol–water partition coefficient (Wildman–Crippen LogP) is 4.77. The fourth-order valence-electron chi connectivity index (χ4n) is 4.43. The smallest absolute Gasteiger partial charge is 0.308 e. The zero-order valence-electron chi connectivity index (χ0n) is 18.5. The van der Waals surface area contributed by atoms with Gasteiger partial charge in [0.2, 0.25) is 5.52 Å². The first-order valence-corrected chi connectivity index (χ1v) is 11.9. The van der Waals surface area contributed by atoms with Crippen LogP contribution in [-0.4, -0.2) is 29.2 Å². The molecule has 0 saturated heterocycles. The van der Waals surface area contributed by atoms with E-state index in [1.54, 1.807) is 26.0 Å². The zero-order chi connectivity index (χ0) is 23.0. The standard InChI is InChI=1S/C24H24ClN5O2S/c1-31-17-8-9-18(32-2)19(12-17)33-23-29-20-21(26)27-14-28-22(20)30(23)13-24(10-3-11-24)15-4-6-16(25)7-5-15/h4-9,12,14H,3,10-11,13H2,1-2H3,(H2,26,27,28)/p+1. The number of rotatable bonds is 7. The van der Waals surface area contributed by atoms with Crippen LogP contribution >= 0.6 is 23.4 Å². The SMILES string of the molecule is COc1ccc(OC)c(Sc2[nH]c3c(N)ncnc3[n+]2CC2(c3ccc(Cl)cc3)CCC2)c1. The molecule has 1 aliphatic rings. The number of H-pyrrole nitrogens is 1. The highest BCUT2D eigenvalue weighted by Crippen LogP contribution is 2.45. The Hall–Kier alpha value is -2.97. The number of hydrogen-bond acceptors (Lipinski definition) is 6. The third-order valence-corrected chi connectivity index (χ3v) is 7.70. The van der Waals surface area contributed by atoms with Gasteiger partial charge in [-0.25, -0.2) is 4.57 Å². The van der Waals surface area contributed by atoms with E-state index in [-0.39, 0.29) is 5.41 Å². The van der Waals surface area contributed by atoms with Gasteiger partial charge in [0.05, 0.1) is 25.7 Å². The van der Waals surface area contributed by atoms with Gasteiger partial charge in [0.15, 0.2) is 12.1 Å². The number of methoxy groups -OCH3 is 2. The highest BCUT2D eigenvalue weighted by Gasteiger charge is 2.42. The van der Waals surface area contributed by atoms with E-state index in [0.717, 1.165) is 57.1 Å². The topological polar surface area (TPSA) is 89.9 Å². The number of nitrogens with two attached hydrogens (primary N) is 1. The molecule has 4 aromatic rings. The molecule has 0 unspecified atom stereocenters. The largest absolute Gasteiger partial charge is 0.497 e. The van der Waals surface area contributed by atoms with Crippen molar-refractivity contribution in [2.45, 2.75) is 41.3 Å². The predicted molar refractivity (Wildman–Crippen MR) is 129 cm³/mol. The van der Waals surface area contributed by atoms with E-state index in [1.807, 2.05) is 30.3 Å². The lowest BCUT2D eigenvalue weighted by Gasteiger charge is -2.41. The van der Waals surface area contributed by atoms with Crippen LogP contribution in [0.3, 0.4) is 0 Å². The van der Waals surface area contributed by atoms with Crippen LogP contribution in [0.4, 0.5) is 5.82 Å². The quantitative estimate of drug-likeness (QED) is 0.369. The molecule has 0 bridgehead atoms. The van der Waals surface area contributed by atoms with E-state index in [1.165, 1.54) is 18.3 Å². The number of hydrogen-bond donors (Lipinski definition) is 2. The summed E-state index contributed by atoms with van der Waals surface area (Å²) in [6.07, 6.45) is 4.90. The number of imidazole rings is 1. The summed E-state index contributed by atoms with van der Waals surface area (Å²) in [7, 11) is 3.32. The van der Waals surface area contributed by atoms with E-state index < -0.39 is 0 Å². The van der Waals surface area contributed by atoms with Crippen molar-refractivity contribution in [3.05, 3.63) is 59.4 Å². The molecule has 2 aromatic heterocycles. The summed E-state index contributed by atoms with van der Waals surface area (Å²) < 4.78 is 13.3. The molecule has 3 N–H and O–H groups in total. The van der Waals surface area contributed by atoms with Crippen molar-refractivity contribution in [1.29, 1.82) is 0 Å². The molecule has 5 rings (SSSR count). The van der Waals surface area contributed by atoms with Gasteiger partial charge < -0.3 is 15.2 Å². The normalized spacial score (nSPS) is 14.8. The van der Waals surface area contributed by atoms with Crippen LogP contribution < -0.4 is 19.8 Å². The Labute approximate surface area is 201 Å². The summed E-state index contributed by atoms with van der Waals surface area (Å²) in [6, 6.07) is 14.0. The zero-order valence-corrected chi connectivity index (χ0v) is 20.0. The van der Waals surface area contributed by atoms with Gasteiger partial charge in [-0.3, -0.25) is 4.98 Å². The van der Waals surface area contributed by atoms with Crippen LogP contribution in [0.1, 0.15) is 24.8 Å². The number of ether oxygens (including phenoxy) is 2. The van der Waals surface area contributed by atoms with Crippen molar-refractivity contribution < 1.29 is 14.0 Å². The first-order valence-electron chi connectivity index (χ1n) is 10.7. The molecule has 9 heteroatoms. The third-order valence-electron chi connectivity index (χ3n) is 6.39. The molecule has 0 aliphatic heterocycles.